The first-order chi connectivity index (χ1) is 8.80. The predicted octanol–water partition coefficient (Wildman–Crippen LogP) is 2.24. The molecule has 0 unspecified atom stereocenters. The Hall–Kier alpha value is -2.35. The first kappa shape index (κ1) is 12.1. The number of hydrogen-bond acceptors (Lipinski definition) is 4. The molecule has 0 atom stereocenters. The van der Waals surface area contributed by atoms with Gasteiger partial charge in [0, 0.05) is 12.1 Å². The smallest absolute Gasteiger partial charge is 0.190 e. The molecule has 2 rings (SSSR count). The van der Waals surface area contributed by atoms with Crippen molar-refractivity contribution in [2.75, 3.05) is 7.11 Å². The molecule has 0 saturated heterocycles. The molecule has 18 heavy (non-hydrogen) atoms. The molecule has 0 aliphatic heterocycles. The van der Waals surface area contributed by atoms with Crippen LogP contribution in [-0.4, -0.2) is 22.1 Å². The number of ether oxygens (including phenoxy) is 1. The van der Waals surface area contributed by atoms with Gasteiger partial charge in [-0.3, -0.25) is 0 Å². The van der Waals surface area contributed by atoms with Crippen molar-refractivity contribution in [3.8, 4) is 23.1 Å². The van der Waals surface area contributed by atoms with Gasteiger partial charge in [-0.1, -0.05) is 12.1 Å². The minimum atomic E-state index is 0.355. The Bertz CT molecular complexity index is 566. The SMILES string of the molecule is CCCn1nnc(C#N)c1-c1ccc(OC)cc1. The molecule has 5 nitrogen and oxygen atoms in total. The Morgan fingerprint density at radius 2 is 2.06 bits per heavy atom. The zero-order valence-electron chi connectivity index (χ0n) is 10.4. The summed E-state index contributed by atoms with van der Waals surface area (Å²) in [6.45, 7) is 2.81. The van der Waals surface area contributed by atoms with E-state index in [1.807, 2.05) is 24.3 Å². The summed E-state index contributed by atoms with van der Waals surface area (Å²) in [6.07, 6.45) is 0.942. The summed E-state index contributed by atoms with van der Waals surface area (Å²) in [7, 11) is 1.62. The molecule has 0 saturated carbocycles. The van der Waals surface area contributed by atoms with Crippen LogP contribution in [0.1, 0.15) is 19.0 Å². The number of aryl methyl sites for hydroxylation is 1. The second-order valence-corrected chi connectivity index (χ2v) is 3.85. The van der Waals surface area contributed by atoms with Gasteiger partial charge in [-0.2, -0.15) is 5.26 Å². The molecule has 0 spiro atoms. The summed E-state index contributed by atoms with van der Waals surface area (Å²) >= 11 is 0. The van der Waals surface area contributed by atoms with Gasteiger partial charge in [-0.25, -0.2) is 4.68 Å². The largest absolute Gasteiger partial charge is 0.497 e. The van der Waals surface area contributed by atoms with Crippen LogP contribution in [0, 0.1) is 11.3 Å². The quantitative estimate of drug-likeness (QED) is 0.824. The first-order valence-corrected chi connectivity index (χ1v) is 5.78. The molecule has 0 aliphatic carbocycles. The average molecular weight is 242 g/mol. The van der Waals surface area contributed by atoms with E-state index in [1.54, 1.807) is 11.8 Å². The lowest BCUT2D eigenvalue weighted by atomic mass is 10.1. The highest BCUT2D eigenvalue weighted by Crippen LogP contribution is 2.24. The maximum Gasteiger partial charge on any atom is 0.190 e. The summed E-state index contributed by atoms with van der Waals surface area (Å²) in [6, 6.07) is 9.61. The molecular formula is C13H14N4O. The van der Waals surface area contributed by atoms with Gasteiger partial charge in [0.1, 0.15) is 17.5 Å². The van der Waals surface area contributed by atoms with Crippen LogP contribution in [0.4, 0.5) is 0 Å². The molecule has 0 amide bonds. The van der Waals surface area contributed by atoms with E-state index in [0.29, 0.717) is 5.69 Å². The number of benzene rings is 1. The molecule has 2 aromatic rings. The monoisotopic (exact) mass is 242 g/mol. The van der Waals surface area contributed by atoms with E-state index in [0.717, 1.165) is 30.0 Å². The highest BCUT2D eigenvalue weighted by molar-refractivity contribution is 5.65. The molecule has 1 aromatic heterocycles. The van der Waals surface area contributed by atoms with Crippen molar-refractivity contribution in [3.63, 3.8) is 0 Å². The number of nitrogens with zero attached hydrogens (tertiary/aromatic N) is 4. The molecule has 0 fully saturated rings. The number of hydrogen-bond donors (Lipinski definition) is 0. The van der Waals surface area contributed by atoms with Crippen LogP contribution in [0.15, 0.2) is 24.3 Å². The van der Waals surface area contributed by atoms with Crippen molar-refractivity contribution < 1.29 is 4.74 Å². The average Bonchev–Trinajstić information content (AvgIpc) is 2.82. The second kappa shape index (κ2) is 5.32. The fraction of sp³-hybridized carbons (Fsp3) is 0.308. The minimum absolute atomic E-state index is 0.355. The van der Waals surface area contributed by atoms with Crippen LogP contribution in [0.3, 0.4) is 0 Å². The lowest BCUT2D eigenvalue weighted by molar-refractivity contribution is 0.415. The van der Waals surface area contributed by atoms with Crippen molar-refractivity contribution in [3.05, 3.63) is 30.0 Å². The molecule has 5 heteroatoms. The third kappa shape index (κ3) is 2.18. The lowest BCUT2D eigenvalue weighted by Crippen LogP contribution is -2.01. The molecule has 92 valence electrons. The Morgan fingerprint density at radius 1 is 1.33 bits per heavy atom. The van der Waals surface area contributed by atoms with E-state index in [9.17, 15) is 0 Å². The number of rotatable bonds is 4. The van der Waals surface area contributed by atoms with Gasteiger partial charge in [0.15, 0.2) is 5.69 Å². The Kier molecular flexibility index (Phi) is 3.58. The Balaban J connectivity index is 2.47. The summed E-state index contributed by atoms with van der Waals surface area (Å²) < 4.78 is 6.88. The van der Waals surface area contributed by atoms with Crippen molar-refractivity contribution in [2.24, 2.45) is 0 Å². The molecule has 0 aliphatic rings. The summed E-state index contributed by atoms with van der Waals surface area (Å²) in [5, 5.41) is 17.0. The summed E-state index contributed by atoms with van der Waals surface area (Å²) in [5.41, 5.74) is 2.04. The molecule has 0 N–H and O–H groups in total. The van der Waals surface area contributed by atoms with Gasteiger partial charge in [0.25, 0.3) is 0 Å². The Labute approximate surface area is 106 Å². The third-order valence-electron chi connectivity index (χ3n) is 2.64. The topological polar surface area (TPSA) is 63.7 Å². The fourth-order valence-electron chi connectivity index (χ4n) is 1.79. The highest BCUT2D eigenvalue weighted by Gasteiger charge is 2.14. The molecule has 0 bridgehead atoms. The predicted molar refractivity (Wildman–Crippen MR) is 67.0 cm³/mol. The van der Waals surface area contributed by atoms with Crippen LogP contribution in [0.5, 0.6) is 5.75 Å². The molecule has 1 heterocycles. The third-order valence-corrected chi connectivity index (χ3v) is 2.64. The first-order valence-electron chi connectivity index (χ1n) is 5.78. The summed E-state index contributed by atoms with van der Waals surface area (Å²) in [5.74, 6) is 0.784. The van der Waals surface area contributed by atoms with Gasteiger partial charge in [-0.05, 0) is 30.7 Å². The Morgan fingerprint density at radius 3 is 2.61 bits per heavy atom. The normalized spacial score (nSPS) is 10.1. The van der Waals surface area contributed by atoms with Crippen molar-refractivity contribution in [1.82, 2.24) is 15.0 Å². The number of nitriles is 1. The van der Waals surface area contributed by atoms with Gasteiger partial charge in [-0.15, -0.1) is 5.10 Å². The van der Waals surface area contributed by atoms with E-state index in [4.69, 9.17) is 10.00 Å². The maximum atomic E-state index is 9.07. The fourth-order valence-corrected chi connectivity index (χ4v) is 1.79. The second-order valence-electron chi connectivity index (χ2n) is 3.85. The van der Waals surface area contributed by atoms with Crippen molar-refractivity contribution in [1.29, 1.82) is 5.26 Å². The van der Waals surface area contributed by atoms with E-state index in [1.165, 1.54) is 0 Å². The lowest BCUT2D eigenvalue weighted by Gasteiger charge is -2.06. The van der Waals surface area contributed by atoms with Gasteiger partial charge in [0.05, 0.1) is 7.11 Å². The van der Waals surface area contributed by atoms with E-state index < -0.39 is 0 Å². The standard InChI is InChI=1S/C13H14N4O/c1-3-8-17-13(12(9-14)15-16-17)10-4-6-11(18-2)7-5-10/h4-7H,3,8H2,1-2H3. The minimum Gasteiger partial charge on any atom is -0.497 e. The molecule has 0 radical (unpaired) electrons. The van der Waals surface area contributed by atoms with Crippen LogP contribution in [-0.2, 0) is 6.54 Å². The van der Waals surface area contributed by atoms with E-state index in [-0.39, 0.29) is 0 Å². The molecule has 1 aromatic carbocycles. The van der Waals surface area contributed by atoms with Crippen LogP contribution in [0.2, 0.25) is 0 Å². The van der Waals surface area contributed by atoms with Crippen molar-refractivity contribution >= 4 is 0 Å². The zero-order chi connectivity index (χ0) is 13.0. The van der Waals surface area contributed by atoms with Crippen LogP contribution in [0.25, 0.3) is 11.3 Å². The van der Waals surface area contributed by atoms with E-state index >= 15 is 0 Å². The number of methoxy groups -OCH3 is 1. The van der Waals surface area contributed by atoms with E-state index in [2.05, 4.69) is 23.3 Å². The summed E-state index contributed by atoms with van der Waals surface area (Å²) in [4.78, 5) is 0. The maximum absolute atomic E-state index is 9.07. The van der Waals surface area contributed by atoms with Gasteiger partial charge < -0.3 is 4.74 Å². The highest BCUT2D eigenvalue weighted by atomic mass is 16.5. The van der Waals surface area contributed by atoms with Gasteiger partial charge >= 0.3 is 0 Å². The van der Waals surface area contributed by atoms with Gasteiger partial charge in [0.2, 0.25) is 0 Å². The molecular weight excluding hydrogens is 228 g/mol. The van der Waals surface area contributed by atoms with Crippen molar-refractivity contribution in [2.45, 2.75) is 19.9 Å². The zero-order valence-corrected chi connectivity index (χ0v) is 10.4. The van der Waals surface area contributed by atoms with Crippen LogP contribution < -0.4 is 4.74 Å². The van der Waals surface area contributed by atoms with Crippen LogP contribution >= 0.6 is 0 Å². The number of aromatic nitrogens is 3.